The number of rotatable bonds is 4. The summed E-state index contributed by atoms with van der Waals surface area (Å²) in [6.07, 6.45) is 0. The smallest absolute Gasteiger partial charge is 0.0935 e. The van der Waals surface area contributed by atoms with Crippen molar-refractivity contribution in [1.82, 2.24) is 0 Å². The minimum Gasteiger partial charge on any atom is -0.275 e. The van der Waals surface area contributed by atoms with Crippen molar-refractivity contribution < 1.29 is 0 Å². The van der Waals surface area contributed by atoms with E-state index in [0.29, 0.717) is 20.8 Å². The predicted octanol–water partition coefficient (Wildman–Crippen LogP) is 7.15. The minimum absolute atomic E-state index is 0.425. The number of benzene rings is 3. The Balaban J connectivity index is 1.79. The SMILES string of the molecule is C/C(=N\Nc1c(Cl)cc(Cl)cc1Cl)c1ccc(-c2ccccc2)cc1. The van der Waals surface area contributed by atoms with Crippen molar-refractivity contribution >= 4 is 46.2 Å². The number of nitrogens with one attached hydrogen (secondary N) is 1. The van der Waals surface area contributed by atoms with Crippen LogP contribution in [-0.2, 0) is 0 Å². The van der Waals surface area contributed by atoms with Crippen molar-refractivity contribution in [3.63, 3.8) is 0 Å². The lowest BCUT2D eigenvalue weighted by molar-refractivity contribution is 1.32. The summed E-state index contributed by atoms with van der Waals surface area (Å²) < 4.78 is 0. The number of halogens is 3. The highest BCUT2D eigenvalue weighted by atomic mass is 35.5. The molecule has 0 amide bonds. The molecule has 0 aromatic heterocycles. The van der Waals surface area contributed by atoms with Crippen molar-refractivity contribution in [2.45, 2.75) is 6.92 Å². The van der Waals surface area contributed by atoms with Crippen molar-refractivity contribution in [1.29, 1.82) is 0 Å². The number of nitrogens with zero attached hydrogens (tertiary/aromatic N) is 1. The molecule has 3 rings (SSSR count). The molecule has 0 bridgehead atoms. The molecule has 3 aromatic rings. The average molecular weight is 390 g/mol. The summed E-state index contributed by atoms with van der Waals surface area (Å²) in [6.45, 7) is 1.92. The minimum atomic E-state index is 0.425. The van der Waals surface area contributed by atoms with E-state index in [2.05, 4.69) is 34.8 Å². The molecule has 0 saturated heterocycles. The zero-order chi connectivity index (χ0) is 17.8. The maximum atomic E-state index is 6.15. The van der Waals surface area contributed by atoms with Crippen molar-refractivity contribution in [2.24, 2.45) is 5.10 Å². The van der Waals surface area contributed by atoms with Gasteiger partial charge in [-0.15, -0.1) is 0 Å². The largest absolute Gasteiger partial charge is 0.275 e. The van der Waals surface area contributed by atoms with Gasteiger partial charge in [-0.25, -0.2) is 0 Å². The van der Waals surface area contributed by atoms with Crippen LogP contribution in [-0.4, -0.2) is 5.71 Å². The maximum Gasteiger partial charge on any atom is 0.0935 e. The second-order valence-electron chi connectivity index (χ2n) is 5.50. The Bertz CT molecular complexity index is 881. The van der Waals surface area contributed by atoms with Gasteiger partial charge in [-0.1, -0.05) is 89.4 Å². The summed E-state index contributed by atoms with van der Waals surface area (Å²) in [5.74, 6) is 0. The Hall–Kier alpha value is -2.00. The molecule has 3 aromatic carbocycles. The van der Waals surface area contributed by atoms with Gasteiger partial charge in [-0.3, -0.25) is 5.43 Å². The van der Waals surface area contributed by atoms with Gasteiger partial charge >= 0.3 is 0 Å². The van der Waals surface area contributed by atoms with Gasteiger partial charge in [0, 0.05) is 5.02 Å². The molecule has 0 fully saturated rings. The molecular formula is C20H15Cl3N2. The first-order chi connectivity index (χ1) is 12.0. The van der Waals surface area contributed by atoms with Crippen LogP contribution >= 0.6 is 34.8 Å². The van der Waals surface area contributed by atoms with Gasteiger partial charge < -0.3 is 0 Å². The molecule has 5 heteroatoms. The quantitative estimate of drug-likeness (QED) is 0.372. The van der Waals surface area contributed by atoms with Gasteiger partial charge in [0.1, 0.15) is 0 Å². The van der Waals surface area contributed by atoms with E-state index in [1.807, 2.05) is 37.3 Å². The second kappa shape index (κ2) is 7.92. The first kappa shape index (κ1) is 17.8. The third-order valence-corrected chi connectivity index (χ3v) is 4.57. The highest BCUT2D eigenvalue weighted by Crippen LogP contribution is 2.33. The van der Waals surface area contributed by atoms with E-state index in [1.54, 1.807) is 12.1 Å². The van der Waals surface area contributed by atoms with Gasteiger partial charge in [-0.05, 0) is 35.7 Å². The van der Waals surface area contributed by atoms with Crippen LogP contribution in [0.1, 0.15) is 12.5 Å². The monoisotopic (exact) mass is 388 g/mol. The molecule has 0 aliphatic rings. The highest BCUT2D eigenvalue weighted by molar-refractivity contribution is 6.41. The molecule has 0 aliphatic heterocycles. The van der Waals surface area contributed by atoms with Crippen LogP contribution in [0.2, 0.25) is 15.1 Å². The Labute approximate surface area is 162 Å². The first-order valence-electron chi connectivity index (χ1n) is 7.65. The van der Waals surface area contributed by atoms with Crippen LogP contribution in [0.5, 0.6) is 0 Å². The molecule has 126 valence electrons. The van der Waals surface area contributed by atoms with Gasteiger partial charge in [0.15, 0.2) is 0 Å². The van der Waals surface area contributed by atoms with Crippen molar-refractivity contribution in [3.05, 3.63) is 87.4 Å². The average Bonchev–Trinajstić information content (AvgIpc) is 2.61. The standard InChI is InChI=1S/C20H15Cl3N2/c1-13(24-25-20-18(22)11-17(21)12-19(20)23)14-7-9-16(10-8-14)15-5-3-2-4-6-15/h2-12,25H,1H3/b24-13+. The number of anilines is 1. The van der Waals surface area contributed by atoms with Crippen LogP contribution in [0.15, 0.2) is 71.8 Å². The third kappa shape index (κ3) is 4.35. The van der Waals surface area contributed by atoms with Crippen LogP contribution in [0.4, 0.5) is 5.69 Å². The molecular weight excluding hydrogens is 375 g/mol. The van der Waals surface area contributed by atoms with Crippen LogP contribution in [0, 0.1) is 0 Å². The van der Waals surface area contributed by atoms with Crippen LogP contribution < -0.4 is 5.43 Å². The summed E-state index contributed by atoms with van der Waals surface area (Å²) in [5, 5.41) is 5.71. The number of hydrogen-bond donors (Lipinski definition) is 1. The summed E-state index contributed by atoms with van der Waals surface area (Å²) in [7, 11) is 0. The summed E-state index contributed by atoms with van der Waals surface area (Å²) in [5.41, 5.74) is 7.63. The lowest BCUT2D eigenvalue weighted by atomic mass is 10.0. The van der Waals surface area contributed by atoms with E-state index in [1.165, 1.54) is 5.56 Å². The molecule has 1 N–H and O–H groups in total. The molecule has 0 heterocycles. The topological polar surface area (TPSA) is 24.4 Å². The summed E-state index contributed by atoms with van der Waals surface area (Å²) in [6, 6.07) is 21.7. The van der Waals surface area contributed by atoms with E-state index in [0.717, 1.165) is 16.8 Å². The van der Waals surface area contributed by atoms with Crippen LogP contribution in [0.25, 0.3) is 11.1 Å². The lowest BCUT2D eigenvalue weighted by Gasteiger charge is -2.09. The second-order valence-corrected chi connectivity index (χ2v) is 6.75. The Morgan fingerprint density at radius 2 is 1.36 bits per heavy atom. The van der Waals surface area contributed by atoms with Crippen LogP contribution in [0.3, 0.4) is 0 Å². The molecule has 0 unspecified atom stereocenters. The molecule has 2 nitrogen and oxygen atoms in total. The zero-order valence-electron chi connectivity index (χ0n) is 13.4. The molecule has 25 heavy (non-hydrogen) atoms. The first-order valence-corrected chi connectivity index (χ1v) is 8.78. The highest BCUT2D eigenvalue weighted by Gasteiger charge is 2.07. The van der Waals surface area contributed by atoms with Crippen molar-refractivity contribution in [3.8, 4) is 11.1 Å². The molecule has 0 aliphatic carbocycles. The normalized spacial score (nSPS) is 11.4. The lowest BCUT2D eigenvalue weighted by Crippen LogP contribution is -2.00. The summed E-state index contributed by atoms with van der Waals surface area (Å²) >= 11 is 18.2. The maximum absolute atomic E-state index is 6.15. The molecule has 0 saturated carbocycles. The third-order valence-electron chi connectivity index (χ3n) is 3.75. The number of hydrogen-bond acceptors (Lipinski definition) is 2. The van der Waals surface area contributed by atoms with E-state index < -0.39 is 0 Å². The Morgan fingerprint density at radius 1 is 0.800 bits per heavy atom. The van der Waals surface area contributed by atoms with Gasteiger partial charge in [0.05, 0.1) is 21.4 Å². The Morgan fingerprint density at radius 3 is 1.96 bits per heavy atom. The van der Waals surface area contributed by atoms with Crippen molar-refractivity contribution in [2.75, 3.05) is 5.43 Å². The number of hydrazone groups is 1. The summed E-state index contributed by atoms with van der Waals surface area (Å²) in [4.78, 5) is 0. The van der Waals surface area contributed by atoms with E-state index in [4.69, 9.17) is 34.8 Å². The molecule has 0 radical (unpaired) electrons. The van der Waals surface area contributed by atoms with Gasteiger partial charge in [0.25, 0.3) is 0 Å². The van der Waals surface area contributed by atoms with Gasteiger partial charge in [-0.2, -0.15) is 5.10 Å². The van der Waals surface area contributed by atoms with E-state index in [9.17, 15) is 0 Å². The molecule has 0 atom stereocenters. The molecule has 0 spiro atoms. The van der Waals surface area contributed by atoms with E-state index >= 15 is 0 Å². The zero-order valence-corrected chi connectivity index (χ0v) is 15.7. The fourth-order valence-electron chi connectivity index (χ4n) is 2.39. The predicted molar refractivity (Wildman–Crippen MR) is 109 cm³/mol. The Kier molecular flexibility index (Phi) is 5.64. The fraction of sp³-hybridized carbons (Fsp3) is 0.0500. The fourth-order valence-corrected chi connectivity index (χ4v) is 3.29. The van der Waals surface area contributed by atoms with E-state index in [-0.39, 0.29) is 0 Å². The van der Waals surface area contributed by atoms with Gasteiger partial charge in [0.2, 0.25) is 0 Å².